The molecule has 1 aromatic heterocycles. The van der Waals surface area contributed by atoms with E-state index in [1.54, 1.807) is 0 Å². The molecule has 0 aliphatic rings. The van der Waals surface area contributed by atoms with Gasteiger partial charge in [-0.05, 0) is 37.7 Å². The van der Waals surface area contributed by atoms with Crippen molar-refractivity contribution in [3.8, 4) is 10.4 Å². The first-order chi connectivity index (χ1) is 9.15. The van der Waals surface area contributed by atoms with Crippen LogP contribution in [0.15, 0.2) is 34.8 Å². The molecule has 1 heterocycles. The predicted octanol–water partition coefficient (Wildman–Crippen LogP) is 5.89. The Labute approximate surface area is 132 Å². The first-order valence-corrected chi connectivity index (χ1v) is 8.37. The number of nitrogens with one attached hydrogen (secondary N) is 1. The molecule has 1 aromatic carbocycles. The third-order valence-electron chi connectivity index (χ3n) is 3.09. The molecule has 1 atom stereocenters. The summed E-state index contributed by atoms with van der Waals surface area (Å²) in [5.74, 6) is 0. The summed E-state index contributed by atoms with van der Waals surface area (Å²) in [6.07, 6.45) is 2.34. The number of benzene rings is 1. The van der Waals surface area contributed by atoms with E-state index in [9.17, 15) is 0 Å². The van der Waals surface area contributed by atoms with Crippen LogP contribution in [-0.4, -0.2) is 7.05 Å². The van der Waals surface area contributed by atoms with Crippen LogP contribution in [-0.2, 0) is 0 Å². The van der Waals surface area contributed by atoms with Crippen molar-refractivity contribution in [3.05, 3.63) is 44.7 Å². The monoisotopic (exact) mass is 357 g/mol. The van der Waals surface area contributed by atoms with Gasteiger partial charge in [-0.3, -0.25) is 0 Å². The molecule has 0 saturated heterocycles. The van der Waals surface area contributed by atoms with Gasteiger partial charge in [-0.25, -0.2) is 0 Å². The molecule has 0 aliphatic carbocycles. The molecular weight excluding hydrogens is 342 g/mol. The summed E-state index contributed by atoms with van der Waals surface area (Å²) < 4.78 is 1.01. The van der Waals surface area contributed by atoms with E-state index in [1.165, 1.54) is 16.2 Å². The maximum atomic E-state index is 6.31. The average Bonchev–Trinajstić information content (AvgIpc) is 2.85. The van der Waals surface area contributed by atoms with Crippen LogP contribution >= 0.6 is 38.9 Å². The van der Waals surface area contributed by atoms with Crippen molar-refractivity contribution >= 4 is 38.9 Å². The summed E-state index contributed by atoms with van der Waals surface area (Å²) in [6.45, 7) is 2.21. The Kier molecular flexibility index (Phi) is 5.46. The molecule has 0 amide bonds. The smallest absolute Gasteiger partial charge is 0.0503 e. The molecule has 4 heteroatoms. The first kappa shape index (κ1) is 15.0. The zero-order valence-electron chi connectivity index (χ0n) is 11.0. The standard InChI is InChI=1S/C15H17BrClNS/c1-3-4-13(18-2)15-8-7-14(19-15)11-6-5-10(16)9-12(11)17/h5-9,13,18H,3-4H2,1-2H3. The lowest BCUT2D eigenvalue weighted by Gasteiger charge is -2.12. The summed E-state index contributed by atoms with van der Waals surface area (Å²) in [5, 5.41) is 4.17. The quantitative estimate of drug-likeness (QED) is 0.702. The third-order valence-corrected chi connectivity index (χ3v) is 5.13. The van der Waals surface area contributed by atoms with E-state index in [0.29, 0.717) is 6.04 Å². The van der Waals surface area contributed by atoms with Crippen LogP contribution in [0.2, 0.25) is 5.02 Å². The molecule has 0 radical (unpaired) electrons. The number of halogens is 2. The highest BCUT2D eigenvalue weighted by Gasteiger charge is 2.13. The van der Waals surface area contributed by atoms with E-state index in [1.807, 2.05) is 30.5 Å². The minimum atomic E-state index is 0.443. The van der Waals surface area contributed by atoms with Crippen LogP contribution in [0.5, 0.6) is 0 Å². The predicted molar refractivity (Wildman–Crippen MR) is 89.2 cm³/mol. The molecule has 102 valence electrons. The van der Waals surface area contributed by atoms with E-state index in [2.05, 4.69) is 46.4 Å². The van der Waals surface area contributed by atoms with Crippen molar-refractivity contribution in [3.63, 3.8) is 0 Å². The van der Waals surface area contributed by atoms with Gasteiger partial charge in [-0.1, -0.05) is 46.9 Å². The Bertz CT molecular complexity index is 553. The molecule has 0 saturated carbocycles. The van der Waals surface area contributed by atoms with Crippen LogP contribution in [0.3, 0.4) is 0 Å². The van der Waals surface area contributed by atoms with Gasteiger partial charge in [-0.2, -0.15) is 0 Å². The zero-order chi connectivity index (χ0) is 13.8. The van der Waals surface area contributed by atoms with Crippen LogP contribution in [0.25, 0.3) is 10.4 Å². The third kappa shape index (κ3) is 3.60. The highest BCUT2D eigenvalue weighted by Crippen LogP contribution is 2.37. The molecule has 1 N–H and O–H groups in total. The molecule has 1 unspecified atom stereocenters. The van der Waals surface area contributed by atoms with Gasteiger partial charge in [0.1, 0.15) is 0 Å². The second-order valence-corrected chi connectivity index (χ2v) is 6.89. The maximum Gasteiger partial charge on any atom is 0.0503 e. The van der Waals surface area contributed by atoms with Gasteiger partial charge in [0.15, 0.2) is 0 Å². The summed E-state index contributed by atoms with van der Waals surface area (Å²) >= 11 is 11.6. The Hall–Kier alpha value is -0.350. The second kappa shape index (κ2) is 6.89. The lowest BCUT2D eigenvalue weighted by Crippen LogP contribution is -2.14. The van der Waals surface area contributed by atoms with Crippen LogP contribution in [0, 0.1) is 0 Å². The van der Waals surface area contributed by atoms with Gasteiger partial charge in [0.2, 0.25) is 0 Å². The topological polar surface area (TPSA) is 12.0 Å². The van der Waals surface area contributed by atoms with Gasteiger partial charge < -0.3 is 5.32 Å². The van der Waals surface area contributed by atoms with Crippen molar-refractivity contribution in [2.24, 2.45) is 0 Å². The minimum Gasteiger partial charge on any atom is -0.312 e. The molecule has 0 spiro atoms. The molecule has 1 nitrogen and oxygen atoms in total. The van der Waals surface area contributed by atoms with Gasteiger partial charge >= 0.3 is 0 Å². The van der Waals surface area contributed by atoms with Gasteiger partial charge in [0.05, 0.1) is 5.02 Å². The molecular formula is C15H17BrClNS. The highest BCUT2D eigenvalue weighted by molar-refractivity contribution is 9.10. The highest BCUT2D eigenvalue weighted by atomic mass is 79.9. The first-order valence-electron chi connectivity index (χ1n) is 6.38. The van der Waals surface area contributed by atoms with E-state index < -0.39 is 0 Å². The van der Waals surface area contributed by atoms with Crippen LogP contribution < -0.4 is 5.32 Å². The Morgan fingerprint density at radius 3 is 2.74 bits per heavy atom. The lowest BCUT2D eigenvalue weighted by atomic mass is 10.1. The van der Waals surface area contributed by atoms with Crippen molar-refractivity contribution in [1.82, 2.24) is 5.32 Å². The summed E-state index contributed by atoms with van der Waals surface area (Å²) in [7, 11) is 2.02. The van der Waals surface area contributed by atoms with E-state index in [4.69, 9.17) is 11.6 Å². The fraction of sp³-hybridized carbons (Fsp3) is 0.333. The zero-order valence-corrected chi connectivity index (χ0v) is 14.2. The fourth-order valence-electron chi connectivity index (χ4n) is 2.09. The van der Waals surface area contributed by atoms with Crippen molar-refractivity contribution in [2.75, 3.05) is 7.05 Å². The Balaban J connectivity index is 2.29. The van der Waals surface area contributed by atoms with E-state index in [-0.39, 0.29) is 0 Å². The van der Waals surface area contributed by atoms with E-state index >= 15 is 0 Å². The van der Waals surface area contributed by atoms with Gasteiger partial charge in [0, 0.05) is 25.8 Å². The molecule has 0 fully saturated rings. The number of thiophene rings is 1. The lowest BCUT2D eigenvalue weighted by molar-refractivity contribution is 0.550. The molecule has 19 heavy (non-hydrogen) atoms. The largest absolute Gasteiger partial charge is 0.312 e. The Morgan fingerprint density at radius 1 is 1.32 bits per heavy atom. The summed E-state index contributed by atoms with van der Waals surface area (Å²) in [6, 6.07) is 10.8. The summed E-state index contributed by atoms with van der Waals surface area (Å²) in [5.41, 5.74) is 1.10. The molecule has 2 rings (SSSR count). The van der Waals surface area contributed by atoms with E-state index in [0.717, 1.165) is 21.5 Å². The molecule has 0 aliphatic heterocycles. The number of hydrogen-bond donors (Lipinski definition) is 1. The van der Waals surface area contributed by atoms with Crippen molar-refractivity contribution < 1.29 is 0 Å². The minimum absolute atomic E-state index is 0.443. The SMILES string of the molecule is CCCC(NC)c1ccc(-c2ccc(Br)cc2Cl)s1. The van der Waals surface area contributed by atoms with Gasteiger partial charge in [0.25, 0.3) is 0 Å². The summed E-state index contributed by atoms with van der Waals surface area (Å²) in [4.78, 5) is 2.60. The van der Waals surface area contributed by atoms with Gasteiger partial charge in [-0.15, -0.1) is 11.3 Å². The van der Waals surface area contributed by atoms with Crippen molar-refractivity contribution in [1.29, 1.82) is 0 Å². The van der Waals surface area contributed by atoms with Crippen LogP contribution in [0.4, 0.5) is 0 Å². The van der Waals surface area contributed by atoms with Crippen molar-refractivity contribution in [2.45, 2.75) is 25.8 Å². The normalized spacial score (nSPS) is 12.6. The fourth-order valence-corrected chi connectivity index (χ4v) is 4.11. The second-order valence-electron chi connectivity index (χ2n) is 4.46. The maximum absolute atomic E-state index is 6.31. The van der Waals surface area contributed by atoms with Crippen LogP contribution in [0.1, 0.15) is 30.7 Å². The molecule has 2 aromatic rings. The Morgan fingerprint density at radius 2 is 2.11 bits per heavy atom. The molecule has 0 bridgehead atoms. The average molecular weight is 359 g/mol. The number of rotatable bonds is 5. The number of hydrogen-bond acceptors (Lipinski definition) is 2.